The van der Waals surface area contributed by atoms with Crippen LogP contribution in [-0.4, -0.2) is 5.97 Å². The van der Waals surface area contributed by atoms with E-state index >= 15 is 0 Å². The predicted octanol–water partition coefficient (Wildman–Crippen LogP) is 4.21. The topological polar surface area (TPSA) is 26.3 Å². The minimum atomic E-state index is -0.350. The van der Waals surface area contributed by atoms with Crippen molar-refractivity contribution in [2.75, 3.05) is 0 Å². The van der Waals surface area contributed by atoms with Crippen molar-refractivity contribution in [3.8, 4) is 16.2 Å². The number of thiophene rings is 1. The Labute approximate surface area is 111 Å². The third-order valence-corrected chi connectivity index (χ3v) is 3.45. The molecule has 1 heterocycles. The Hall–Kier alpha value is -1.87. The number of ether oxygens (including phenoxy) is 1. The number of aryl methyl sites for hydroxylation is 1. The van der Waals surface area contributed by atoms with Crippen molar-refractivity contribution in [2.24, 2.45) is 0 Å². The molecule has 1 aromatic heterocycles. The SMILES string of the molecule is CC=CC(=O)Oc1ccc(-c2ccc(C)s2)cc1. The second-order valence-electron chi connectivity index (χ2n) is 3.86. The highest BCUT2D eigenvalue weighted by Crippen LogP contribution is 2.28. The molecule has 18 heavy (non-hydrogen) atoms. The highest BCUT2D eigenvalue weighted by atomic mass is 32.1. The number of hydrogen-bond donors (Lipinski definition) is 0. The van der Waals surface area contributed by atoms with E-state index in [9.17, 15) is 4.79 Å². The first kappa shape index (κ1) is 12.6. The molecule has 2 rings (SSSR count). The van der Waals surface area contributed by atoms with E-state index in [0.29, 0.717) is 5.75 Å². The van der Waals surface area contributed by atoms with Gasteiger partial charge < -0.3 is 4.74 Å². The molecule has 3 heteroatoms. The Balaban J connectivity index is 2.13. The fraction of sp³-hybridized carbons (Fsp3) is 0.133. The van der Waals surface area contributed by atoms with Gasteiger partial charge in [-0.2, -0.15) is 0 Å². The molecule has 0 aliphatic rings. The van der Waals surface area contributed by atoms with Gasteiger partial charge in [-0.05, 0) is 55.8 Å². The quantitative estimate of drug-likeness (QED) is 0.468. The molecule has 0 atom stereocenters. The lowest BCUT2D eigenvalue weighted by Crippen LogP contribution is -2.03. The van der Waals surface area contributed by atoms with E-state index < -0.39 is 0 Å². The first-order valence-electron chi connectivity index (χ1n) is 5.70. The first-order valence-corrected chi connectivity index (χ1v) is 6.52. The van der Waals surface area contributed by atoms with E-state index in [1.165, 1.54) is 15.8 Å². The zero-order chi connectivity index (χ0) is 13.0. The fourth-order valence-electron chi connectivity index (χ4n) is 1.56. The van der Waals surface area contributed by atoms with E-state index in [2.05, 4.69) is 19.1 Å². The average molecular weight is 258 g/mol. The number of esters is 1. The van der Waals surface area contributed by atoms with Crippen LogP contribution in [0.4, 0.5) is 0 Å². The maximum atomic E-state index is 11.3. The standard InChI is InChI=1S/C15H14O2S/c1-3-4-15(16)17-13-8-6-12(7-9-13)14-10-5-11(2)18-14/h3-10H,1-2H3. The predicted molar refractivity (Wildman–Crippen MR) is 74.9 cm³/mol. The van der Waals surface area contributed by atoms with Crippen molar-refractivity contribution < 1.29 is 9.53 Å². The van der Waals surface area contributed by atoms with Gasteiger partial charge in [0.05, 0.1) is 0 Å². The molecule has 0 aliphatic heterocycles. The smallest absolute Gasteiger partial charge is 0.335 e. The summed E-state index contributed by atoms with van der Waals surface area (Å²) >= 11 is 1.75. The van der Waals surface area contributed by atoms with E-state index in [4.69, 9.17) is 4.74 Å². The fourth-order valence-corrected chi connectivity index (χ4v) is 2.44. The molecule has 1 aromatic carbocycles. The van der Waals surface area contributed by atoms with Crippen LogP contribution in [0.15, 0.2) is 48.6 Å². The number of hydrogen-bond acceptors (Lipinski definition) is 3. The van der Waals surface area contributed by atoms with Gasteiger partial charge in [0, 0.05) is 15.8 Å². The van der Waals surface area contributed by atoms with Crippen LogP contribution in [-0.2, 0) is 4.79 Å². The summed E-state index contributed by atoms with van der Waals surface area (Å²) in [5.41, 5.74) is 1.14. The van der Waals surface area contributed by atoms with Gasteiger partial charge in [-0.15, -0.1) is 11.3 Å². The van der Waals surface area contributed by atoms with Gasteiger partial charge in [-0.3, -0.25) is 0 Å². The Morgan fingerprint density at radius 1 is 1.17 bits per heavy atom. The van der Waals surface area contributed by atoms with Crippen molar-refractivity contribution in [1.82, 2.24) is 0 Å². The Morgan fingerprint density at radius 3 is 2.44 bits per heavy atom. The van der Waals surface area contributed by atoms with Gasteiger partial charge >= 0.3 is 5.97 Å². The largest absolute Gasteiger partial charge is 0.423 e. The molecular weight excluding hydrogens is 244 g/mol. The van der Waals surface area contributed by atoms with E-state index in [-0.39, 0.29) is 5.97 Å². The van der Waals surface area contributed by atoms with Crippen LogP contribution >= 0.6 is 11.3 Å². The number of carbonyl (C=O) groups excluding carboxylic acids is 1. The van der Waals surface area contributed by atoms with Gasteiger partial charge in [0.2, 0.25) is 0 Å². The van der Waals surface area contributed by atoms with Crippen molar-refractivity contribution >= 4 is 17.3 Å². The lowest BCUT2D eigenvalue weighted by atomic mass is 10.2. The van der Waals surface area contributed by atoms with Crippen LogP contribution in [0.2, 0.25) is 0 Å². The second-order valence-corrected chi connectivity index (χ2v) is 5.14. The summed E-state index contributed by atoms with van der Waals surface area (Å²) in [4.78, 5) is 13.8. The molecule has 0 saturated heterocycles. The van der Waals surface area contributed by atoms with Crippen LogP contribution < -0.4 is 4.74 Å². The molecular formula is C15H14O2S. The molecule has 0 fully saturated rings. The lowest BCUT2D eigenvalue weighted by Gasteiger charge is -2.02. The van der Waals surface area contributed by atoms with Gasteiger partial charge in [0.1, 0.15) is 5.75 Å². The molecule has 2 aromatic rings. The van der Waals surface area contributed by atoms with Crippen molar-refractivity contribution in [3.63, 3.8) is 0 Å². The number of benzene rings is 1. The summed E-state index contributed by atoms with van der Waals surface area (Å²) in [5, 5.41) is 0. The summed E-state index contributed by atoms with van der Waals surface area (Å²) in [6.07, 6.45) is 3.06. The van der Waals surface area contributed by atoms with E-state index in [1.54, 1.807) is 24.3 Å². The number of allylic oxidation sites excluding steroid dienone is 1. The van der Waals surface area contributed by atoms with Crippen LogP contribution in [0.5, 0.6) is 5.75 Å². The van der Waals surface area contributed by atoms with E-state index in [0.717, 1.165) is 5.56 Å². The average Bonchev–Trinajstić information content (AvgIpc) is 2.77. The lowest BCUT2D eigenvalue weighted by molar-refractivity contribution is -0.128. The Kier molecular flexibility index (Phi) is 3.95. The van der Waals surface area contributed by atoms with Crippen LogP contribution in [0, 0.1) is 6.92 Å². The van der Waals surface area contributed by atoms with Crippen LogP contribution in [0.25, 0.3) is 10.4 Å². The molecule has 92 valence electrons. The summed E-state index contributed by atoms with van der Waals surface area (Å²) in [6, 6.07) is 11.7. The monoisotopic (exact) mass is 258 g/mol. The molecule has 0 aliphatic carbocycles. The summed E-state index contributed by atoms with van der Waals surface area (Å²) in [7, 11) is 0. The summed E-state index contributed by atoms with van der Waals surface area (Å²) in [5.74, 6) is 0.215. The normalized spacial score (nSPS) is 10.8. The molecule has 0 unspecified atom stereocenters. The molecule has 0 amide bonds. The Bertz CT molecular complexity index is 564. The van der Waals surface area contributed by atoms with E-state index in [1.807, 2.05) is 24.3 Å². The molecule has 2 nitrogen and oxygen atoms in total. The van der Waals surface area contributed by atoms with Gasteiger partial charge in [0.15, 0.2) is 0 Å². The maximum absolute atomic E-state index is 11.3. The maximum Gasteiger partial charge on any atom is 0.335 e. The zero-order valence-electron chi connectivity index (χ0n) is 10.3. The second kappa shape index (κ2) is 5.65. The van der Waals surface area contributed by atoms with Crippen LogP contribution in [0.3, 0.4) is 0 Å². The molecule has 0 bridgehead atoms. The van der Waals surface area contributed by atoms with Gasteiger partial charge in [0.25, 0.3) is 0 Å². The molecule has 0 spiro atoms. The summed E-state index contributed by atoms with van der Waals surface area (Å²) < 4.78 is 5.13. The third kappa shape index (κ3) is 3.08. The molecule has 0 saturated carbocycles. The van der Waals surface area contributed by atoms with Crippen LogP contribution in [0.1, 0.15) is 11.8 Å². The molecule has 0 radical (unpaired) electrons. The minimum absolute atomic E-state index is 0.350. The third-order valence-electron chi connectivity index (χ3n) is 2.40. The Morgan fingerprint density at radius 2 is 1.89 bits per heavy atom. The highest BCUT2D eigenvalue weighted by molar-refractivity contribution is 7.15. The molecule has 0 N–H and O–H groups in total. The van der Waals surface area contributed by atoms with Crippen molar-refractivity contribution in [2.45, 2.75) is 13.8 Å². The summed E-state index contributed by atoms with van der Waals surface area (Å²) in [6.45, 7) is 3.87. The number of rotatable bonds is 3. The van der Waals surface area contributed by atoms with Gasteiger partial charge in [-0.25, -0.2) is 4.79 Å². The highest BCUT2D eigenvalue weighted by Gasteiger charge is 2.03. The zero-order valence-corrected chi connectivity index (χ0v) is 11.2. The first-order chi connectivity index (χ1) is 8.69. The van der Waals surface area contributed by atoms with Gasteiger partial charge in [-0.1, -0.05) is 6.08 Å². The van der Waals surface area contributed by atoms with Crippen molar-refractivity contribution in [1.29, 1.82) is 0 Å². The van der Waals surface area contributed by atoms with Crippen molar-refractivity contribution in [3.05, 3.63) is 53.4 Å². The minimum Gasteiger partial charge on any atom is -0.423 e. The number of carbonyl (C=O) groups is 1.